The lowest BCUT2D eigenvalue weighted by atomic mass is 10.1. The number of aldehydes is 1. The average Bonchev–Trinajstić information content (AvgIpc) is 2.38. The Balaban J connectivity index is 3.07. The van der Waals surface area contributed by atoms with Gasteiger partial charge in [-0.1, -0.05) is 0 Å². The summed E-state index contributed by atoms with van der Waals surface area (Å²) >= 11 is 0. The van der Waals surface area contributed by atoms with Gasteiger partial charge in [0.1, 0.15) is 12.0 Å². The van der Waals surface area contributed by atoms with Crippen LogP contribution in [0.4, 0.5) is 5.69 Å². The highest BCUT2D eigenvalue weighted by atomic mass is 16.5. The lowest BCUT2D eigenvalue weighted by Gasteiger charge is -2.22. The van der Waals surface area contributed by atoms with E-state index in [9.17, 15) is 4.79 Å². The number of hydrogen-bond donors (Lipinski definition) is 0. The molecule has 17 heavy (non-hydrogen) atoms. The Kier molecular flexibility index (Phi) is 5.27. The lowest BCUT2D eigenvalue weighted by molar-refractivity contribution is -0.104. The fourth-order valence-corrected chi connectivity index (χ4v) is 1.77. The normalized spacial score (nSPS) is 10.5. The molecule has 0 amide bonds. The number of allylic oxidation sites excluding steroid dienone is 1. The zero-order valence-corrected chi connectivity index (χ0v) is 10.6. The Labute approximate surface area is 103 Å². The van der Waals surface area contributed by atoms with Gasteiger partial charge in [0.2, 0.25) is 0 Å². The Morgan fingerprint density at radius 1 is 1.29 bits per heavy atom. The summed E-state index contributed by atoms with van der Waals surface area (Å²) in [7, 11) is 1.64. The second-order valence-electron chi connectivity index (χ2n) is 3.59. The van der Waals surface area contributed by atoms with Crippen LogP contribution in [-0.2, 0) is 4.79 Å². The molecule has 0 unspecified atom stereocenters. The molecule has 92 valence electrons. The smallest absolute Gasteiger partial charge is 0.142 e. The van der Waals surface area contributed by atoms with Crippen LogP contribution in [0.2, 0.25) is 0 Å². The third kappa shape index (κ3) is 3.34. The molecule has 0 heterocycles. The summed E-state index contributed by atoms with van der Waals surface area (Å²) in [5.74, 6) is 0.785. The van der Waals surface area contributed by atoms with Gasteiger partial charge in [-0.05, 0) is 38.1 Å². The highest BCUT2D eigenvalue weighted by molar-refractivity contribution is 5.76. The predicted octanol–water partition coefficient (Wildman–Crippen LogP) is 2.75. The number of benzene rings is 1. The van der Waals surface area contributed by atoms with Crippen molar-refractivity contribution < 1.29 is 9.53 Å². The molecule has 0 aliphatic carbocycles. The Morgan fingerprint density at radius 3 is 2.53 bits per heavy atom. The first-order valence-corrected chi connectivity index (χ1v) is 5.81. The van der Waals surface area contributed by atoms with Gasteiger partial charge in [-0.2, -0.15) is 0 Å². The quantitative estimate of drug-likeness (QED) is 0.559. The molecule has 0 radical (unpaired) electrons. The van der Waals surface area contributed by atoms with Gasteiger partial charge in [-0.25, -0.2) is 0 Å². The van der Waals surface area contributed by atoms with Crippen LogP contribution in [0.3, 0.4) is 0 Å². The van der Waals surface area contributed by atoms with Crippen molar-refractivity contribution in [2.24, 2.45) is 0 Å². The summed E-state index contributed by atoms with van der Waals surface area (Å²) in [5.41, 5.74) is 2.05. The van der Waals surface area contributed by atoms with Crippen LogP contribution in [0.5, 0.6) is 5.75 Å². The number of methoxy groups -OCH3 is 1. The Morgan fingerprint density at radius 2 is 2.00 bits per heavy atom. The van der Waals surface area contributed by atoms with Crippen LogP contribution in [0.15, 0.2) is 24.3 Å². The number of nitrogens with zero attached hydrogens (tertiary/aromatic N) is 1. The van der Waals surface area contributed by atoms with Crippen molar-refractivity contribution in [3.05, 3.63) is 29.8 Å². The molecular weight excluding hydrogens is 214 g/mol. The van der Waals surface area contributed by atoms with Crippen molar-refractivity contribution in [3.63, 3.8) is 0 Å². The van der Waals surface area contributed by atoms with E-state index in [4.69, 9.17) is 4.74 Å². The molecule has 3 heteroatoms. The molecule has 0 aromatic heterocycles. The van der Waals surface area contributed by atoms with E-state index in [-0.39, 0.29) is 0 Å². The van der Waals surface area contributed by atoms with Crippen LogP contribution in [-0.4, -0.2) is 26.5 Å². The summed E-state index contributed by atoms with van der Waals surface area (Å²) < 4.78 is 5.33. The fraction of sp³-hybridized carbons (Fsp3) is 0.357. The SMILES string of the molecule is CCN(CC)c1ccc(C=CC=O)c(OC)c1. The maximum absolute atomic E-state index is 10.3. The summed E-state index contributed by atoms with van der Waals surface area (Å²) in [6, 6.07) is 6.00. The van der Waals surface area contributed by atoms with Crippen LogP contribution >= 0.6 is 0 Å². The summed E-state index contributed by atoms with van der Waals surface area (Å²) in [5, 5.41) is 0. The second kappa shape index (κ2) is 6.74. The standard InChI is InChI=1S/C14H19NO2/c1-4-15(5-2)13-9-8-12(7-6-10-16)14(11-13)17-3/h6-11H,4-5H2,1-3H3. The third-order valence-corrected chi connectivity index (χ3v) is 2.70. The highest BCUT2D eigenvalue weighted by Gasteiger charge is 2.06. The lowest BCUT2D eigenvalue weighted by Crippen LogP contribution is -2.21. The zero-order valence-electron chi connectivity index (χ0n) is 10.6. The summed E-state index contributed by atoms with van der Waals surface area (Å²) in [4.78, 5) is 12.6. The number of carbonyl (C=O) groups is 1. The van der Waals surface area contributed by atoms with Crippen LogP contribution in [0.25, 0.3) is 6.08 Å². The van der Waals surface area contributed by atoms with Gasteiger partial charge in [-0.15, -0.1) is 0 Å². The molecule has 0 aliphatic rings. The zero-order chi connectivity index (χ0) is 12.7. The van der Waals surface area contributed by atoms with E-state index in [1.807, 2.05) is 18.2 Å². The molecule has 1 aromatic rings. The van der Waals surface area contributed by atoms with Gasteiger partial charge < -0.3 is 9.64 Å². The minimum absolute atomic E-state index is 0.762. The van der Waals surface area contributed by atoms with E-state index in [2.05, 4.69) is 18.7 Å². The molecule has 3 nitrogen and oxygen atoms in total. The first kappa shape index (κ1) is 13.3. The monoisotopic (exact) mass is 233 g/mol. The van der Waals surface area contributed by atoms with Gasteiger partial charge in [-0.3, -0.25) is 4.79 Å². The Bertz CT molecular complexity index is 395. The number of rotatable bonds is 6. The van der Waals surface area contributed by atoms with Crippen molar-refractivity contribution >= 4 is 18.0 Å². The summed E-state index contributed by atoms with van der Waals surface area (Å²) in [6.45, 7) is 6.17. The Hall–Kier alpha value is -1.77. The molecule has 0 spiro atoms. The van der Waals surface area contributed by atoms with E-state index in [1.54, 1.807) is 13.2 Å². The van der Waals surface area contributed by atoms with Crippen molar-refractivity contribution in [2.75, 3.05) is 25.1 Å². The van der Waals surface area contributed by atoms with Gasteiger partial charge >= 0.3 is 0 Å². The van der Waals surface area contributed by atoms with Crippen LogP contribution in [0.1, 0.15) is 19.4 Å². The molecule has 0 N–H and O–H groups in total. The highest BCUT2D eigenvalue weighted by Crippen LogP contribution is 2.26. The van der Waals surface area contributed by atoms with Crippen molar-refractivity contribution in [2.45, 2.75) is 13.8 Å². The maximum Gasteiger partial charge on any atom is 0.142 e. The number of anilines is 1. The van der Waals surface area contributed by atoms with E-state index >= 15 is 0 Å². The van der Waals surface area contributed by atoms with Gasteiger partial charge in [0.15, 0.2) is 0 Å². The maximum atomic E-state index is 10.3. The molecule has 0 aliphatic heterocycles. The van der Waals surface area contributed by atoms with Gasteiger partial charge in [0.25, 0.3) is 0 Å². The first-order chi connectivity index (χ1) is 8.26. The molecule has 0 saturated carbocycles. The van der Waals surface area contributed by atoms with Crippen LogP contribution < -0.4 is 9.64 Å². The molecule has 0 atom stereocenters. The minimum atomic E-state index is 0.762. The number of hydrogen-bond acceptors (Lipinski definition) is 3. The van der Waals surface area contributed by atoms with Crippen LogP contribution in [0, 0.1) is 0 Å². The van der Waals surface area contributed by atoms with Gasteiger partial charge in [0, 0.05) is 30.4 Å². The molecule has 0 fully saturated rings. The van der Waals surface area contributed by atoms with E-state index in [0.717, 1.165) is 36.4 Å². The predicted molar refractivity (Wildman–Crippen MR) is 71.7 cm³/mol. The molecule has 0 bridgehead atoms. The van der Waals surface area contributed by atoms with Crippen molar-refractivity contribution in [1.29, 1.82) is 0 Å². The topological polar surface area (TPSA) is 29.5 Å². The third-order valence-electron chi connectivity index (χ3n) is 2.70. The van der Waals surface area contributed by atoms with Crippen molar-refractivity contribution in [1.82, 2.24) is 0 Å². The van der Waals surface area contributed by atoms with E-state index in [1.165, 1.54) is 6.08 Å². The number of carbonyl (C=O) groups excluding carboxylic acids is 1. The average molecular weight is 233 g/mol. The minimum Gasteiger partial charge on any atom is -0.496 e. The van der Waals surface area contributed by atoms with E-state index in [0.29, 0.717) is 0 Å². The second-order valence-corrected chi connectivity index (χ2v) is 3.59. The molecule has 1 aromatic carbocycles. The van der Waals surface area contributed by atoms with Gasteiger partial charge in [0.05, 0.1) is 7.11 Å². The number of ether oxygens (including phenoxy) is 1. The summed E-state index contributed by atoms with van der Waals surface area (Å²) in [6.07, 6.45) is 3.98. The molecule has 0 saturated heterocycles. The first-order valence-electron chi connectivity index (χ1n) is 5.81. The molecule has 1 rings (SSSR count). The molecular formula is C14H19NO2. The largest absolute Gasteiger partial charge is 0.496 e. The van der Waals surface area contributed by atoms with E-state index < -0.39 is 0 Å². The fourth-order valence-electron chi connectivity index (χ4n) is 1.77. The van der Waals surface area contributed by atoms with Crippen molar-refractivity contribution in [3.8, 4) is 5.75 Å².